The maximum absolute atomic E-state index is 12.5. The van der Waals surface area contributed by atoms with Crippen molar-refractivity contribution < 1.29 is 4.79 Å². The number of pyridine rings is 1. The second-order valence-corrected chi connectivity index (χ2v) is 4.92. The highest BCUT2D eigenvalue weighted by atomic mass is 16.2. The van der Waals surface area contributed by atoms with Crippen molar-refractivity contribution >= 4 is 11.6 Å². The Balaban J connectivity index is 2.24. The second kappa shape index (κ2) is 4.19. The topological polar surface area (TPSA) is 54.7 Å². The van der Waals surface area contributed by atoms with E-state index in [0.717, 1.165) is 11.3 Å². The highest BCUT2D eigenvalue weighted by molar-refractivity contribution is 5.73. The fourth-order valence-corrected chi connectivity index (χ4v) is 2.52. The van der Waals surface area contributed by atoms with Crippen LogP contribution in [0.15, 0.2) is 23.1 Å². The zero-order valence-electron chi connectivity index (χ0n) is 11.0. The molecule has 1 aliphatic rings. The van der Waals surface area contributed by atoms with Crippen LogP contribution in [0.3, 0.4) is 0 Å². The lowest BCUT2D eigenvalue weighted by Gasteiger charge is -2.27. The number of hydrogen-bond donors (Lipinski definition) is 0. The van der Waals surface area contributed by atoms with Gasteiger partial charge in [0.25, 0.3) is 5.56 Å². The van der Waals surface area contributed by atoms with E-state index in [1.54, 1.807) is 15.5 Å². The number of aromatic nitrogens is 2. The van der Waals surface area contributed by atoms with E-state index in [0.29, 0.717) is 30.7 Å². The van der Waals surface area contributed by atoms with E-state index >= 15 is 0 Å². The molecule has 3 heterocycles. The van der Waals surface area contributed by atoms with Gasteiger partial charge in [-0.05, 0) is 18.6 Å². The number of carbonyl (C=O) groups is 1. The third-order valence-electron chi connectivity index (χ3n) is 3.64. The molecule has 0 atom stereocenters. The van der Waals surface area contributed by atoms with Gasteiger partial charge in [0.05, 0.1) is 17.8 Å². The molecule has 0 unspecified atom stereocenters. The van der Waals surface area contributed by atoms with Gasteiger partial charge in [-0.3, -0.25) is 14.0 Å². The average molecular weight is 257 g/mol. The lowest BCUT2D eigenvalue weighted by molar-refractivity contribution is -0.129. The number of hydrogen-bond acceptors (Lipinski definition) is 3. The van der Waals surface area contributed by atoms with Crippen molar-refractivity contribution in [3.05, 3.63) is 45.5 Å². The molecule has 1 amide bonds. The number of amides is 1. The molecule has 0 bridgehead atoms. The molecule has 19 heavy (non-hydrogen) atoms. The Bertz CT molecular complexity index is 733. The molecule has 0 saturated carbocycles. The molecule has 3 rings (SSSR count). The Hall–Kier alpha value is -2.17. The number of aryl methyl sites for hydroxylation is 1. The standard InChI is InChI=1S/C14H15N3O2/c1-9-4-3-6-17-13(9)15-12-5-7-16(10(2)18)8-11(12)14(17)19/h3-4,6H,5,7-8H2,1-2H3. The predicted molar refractivity (Wildman–Crippen MR) is 71.0 cm³/mol. The molecule has 0 fully saturated rings. The van der Waals surface area contributed by atoms with Crippen molar-refractivity contribution in [3.8, 4) is 0 Å². The van der Waals surface area contributed by atoms with E-state index < -0.39 is 0 Å². The maximum Gasteiger partial charge on any atom is 0.263 e. The predicted octanol–water partition coefficient (Wildman–Crippen LogP) is 0.908. The summed E-state index contributed by atoms with van der Waals surface area (Å²) in [6.45, 7) is 4.48. The van der Waals surface area contributed by atoms with E-state index in [1.165, 1.54) is 6.92 Å². The first kappa shape index (κ1) is 11.9. The zero-order chi connectivity index (χ0) is 13.6. The van der Waals surface area contributed by atoms with Gasteiger partial charge in [-0.25, -0.2) is 4.98 Å². The summed E-state index contributed by atoms with van der Waals surface area (Å²) in [5, 5.41) is 0. The molecule has 1 aliphatic heterocycles. The minimum Gasteiger partial charge on any atom is -0.338 e. The summed E-state index contributed by atoms with van der Waals surface area (Å²) in [5.74, 6) is -0.000566. The lowest BCUT2D eigenvalue weighted by atomic mass is 10.1. The summed E-state index contributed by atoms with van der Waals surface area (Å²) in [4.78, 5) is 30.2. The highest BCUT2D eigenvalue weighted by Gasteiger charge is 2.23. The van der Waals surface area contributed by atoms with Crippen molar-refractivity contribution in [2.24, 2.45) is 0 Å². The maximum atomic E-state index is 12.5. The van der Waals surface area contributed by atoms with Crippen LogP contribution in [0.1, 0.15) is 23.7 Å². The minimum absolute atomic E-state index is 0.000566. The number of nitrogens with zero attached hydrogens (tertiary/aromatic N) is 3. The molecule has 2 aromatic heterocycles. The van der Waals surface area contributed by atoms with E-state index in [2.05, 4.69) is 4.98 Å². The van der Waals surface area contributed by atoms with Gasteiger partial charge in [0, 0.05) is 26.1 Å². The van der Waals surface area contributed by atoms with E-state index in [9.17, 15) is 9.59 Å². The Morgan fingerprint density at radius 2 is 2.21 bits per heavy atom. The van der Waals surface area contributed by atoms with Crippen LogP contribution >= 0.6 is 0 Å². The first-order valence-electron chi connectivity index (χ1n) is 6.33. The van der Waals surface area contributed by atoms with Crippen molar-refractivity contribution in [2.45, 2.75) is 26.8 Å². The normalized spacial score (nSPS) is 14.5. The highest BCUT2D eigenvalue weighted by Crippen LogP contribution is 2.16. The largest absolute Gasteiger partial charge is 0.338 e. The van der Waals surface area contributed by atoms with Gasteiger partial charge in [0.15, 0.2) is 0 Å². The molecular formula is C14H15N3O2. The first-order chi connectivity index (χ1) is 9.08. The SMILES string of the molecule is CC(=O)N1CCc2nc3c(C)cccn3c(=O)c2C1. The molecule has 0 aliphatic carbocycles. The molecule has 5 nitrogen and oxygen atoms in total. The third-order valence-corrected chi connectivity index (χ3v) is 3.64. The molecule has 0 saturated heterocycles. The Labute approximate surface area is 110 Å². The molecule has 0 aromatic carbocycles. The lowest BCUT2D eigenvalue weighted by Crippen LogP contribution is -2.39. The Kier molecular flexibility index (Phi) is 2.62. The average Bonchev–Trinajstić information content (AvgIpc) is 2.40. The molecule has 0 N–H and O–H groups in total. The smallest absolute Gasteiger partial charge is 0.263 e. The van der Waals surface area contributed by atoms with Crippen LogP contribution in [-0.2, 0) is 17.8 Å². The summed E-state index contributed by atoms with van der Waals surface area (Å²) in [6, 6.07) is 3.78. The summed E-state index contributed by atoms with van der Waals surface area (Å²) in [7, 11) is 0. The van der Waals surface area contributed by atoms with Crippen LogP contribution in [0.4, 0.5) is 0 Å². The van der Waals surface area contributed by atoms with Crippen molar-refractivity contribution in [1.82, 2.24) is 14.3 Å². The quantitative estimate of drug-likeness (QED) is 0.705. The molecule has 0 spiro atoms. The van der Waals surface area contributed by atoms with Crippen molar-refractivity contribution in [2.75, 3.05) is 6.54 Å². The van der Waals surface area contributed by atoms with Crippen LogP contribution in [0.25, 0.3) is 5.65 Å². The van der Waals surface area contributed by atoms with Gasteiger partial charge in [0.2, 0.25) is 5.91 Å². The summed E-state index contributed by atoms with van der Waals surface area (Å²) < 4.78 is 1.57. The van der Waals surface area contributed by atoms with Gasteiger partial charge in [-0.2, -0.15) is 0 Å². The van der Waals surface area contributed by atoms with Crippen LogP contribution in [0.2, 0.25) is 0 Å². The van der Waals surface area contributed by atoms with Crippen LogP contribution < -0.4 is 5.56 Å². The van der Waals surface area contributed by atoms with Gasteiger partial charge >= 0.3 is 0 Å². The van der Waals surface area contributed by atoms with Gasteiger partial charge in [-0.15, -0.1) is 0 Å². The minimum atomic E-state index is -0.0605. The molecule has 2 aromatic rings. The monoisotopic (exact) mass is 257 g/mol. The molecule has 5 heteroatoms. The molecule has 98 valence electrons. The fraction of sp³-hybridized carbons (Fsp3) is 0.357. The van der Waals surface area contributed by atoms with Gasteiger partial charge in [0.1, 0.15) is 5.65 Å². The molecular weight excluding hydrogens is 242 g/mol. The van der Waals surface area contributed by atoms with Crippen LogP contribution in [-0.4, -0.2) is 26.7 Å². The summed E-state index contributed by atoms with van der Waals surface area (Å²) >= 11 is 0. The van der Waals surface area contributed by atoms with E-state index in [1.807, 2.05) is 19.1 Å². The summed E-state index contributed by atoms with van der Waals surface area (Å²) in [5.41, 5.74) is 3.11. The fourth-order valence-electron chi connectivity index (χ4n) is 2.52. The van der Waals surface area contributed by atoms with Gasteiger partial charge in [-0.1, -0.05) is 6.07 Å². The van der Waals surface area contributed by atoms with Crippen molar-refractivity contribution in [3.63, 3.8) is 0 Å². The summed E-state index contributed by atoms with van der Waals surface area (Å²) in [6.07, 6.45) is 2.37. The number of rotatable bonds is 0. The molecule has 0 radical (unpaired) electrons. The zero-order valence-corrected chi connectivity index (χ0v) is 11.0. The first-order valence-corrected chi connectivity index (χ1v) is 6.33. The van der Waals surface area contributed by atoms with Crippen LogP contribution in [0, 0.1) is 6.92 Å². The second-order valence-electron chi connectivity index (χ2n) is 4.92. The van der Waals surface area contributed by atoms with Gasteiger partial charge < -0.3 is 4.90 Å². The van der Waals surface area contributed by atoms with E-state index in [4.69, 9.17) is 0 Å². The third kappa shape index (κ3) is 1.82. The number of carbonyl (C=O) groups excluding carboxylic acids is 1. The Morgan fingerprint density at radius 1 is 1.42 bits per heavy atom. The van der Waals surface area contributed by atoms with Crippen LogP contribution in [0.5, 0.6) is 0 Å². The Morgan fingerprint density at radius 3 is 2.95 bits per heavy atom. The van der Waals surface area contributed by atoms with E-state index in [-0.39, 0.29) is 11.5 Å². The van der Waals surface area contributed by atoms with Crippen molar-refractivity contribution in [1.29, 1.82) is 0 Å². The number of fused-ring (bicyclic) bond motifs is 2.